The predicted octanol–water partition coefficient (Wildman–Crippen LogP) is 4.46. The third-order valence-electron chi connectivity index (χ3n) is 11.0. The van der Waals surface area contributed by atoms with Gasteiger partial charge in [0.2, 0.25) is 0 Å². The van der Waals surface area contributed by atoms with Crippen LogP contribution in [0.4, 0.5) is 0 Å². The third-order valence-corrected chi connectivity index (χ3v) is 11.4. The summed E-state index contributed by atoms with van der Waals surface area (Å²) in [4.78, 5) is 0. The van der Waals surface area contributed by atoms with E-state index in [4.69, 9.17) is 4.55 Å². The van der Waals surface area contributed by atoms with Crippen molar-refractivity contribution in [3.63, 3.8) is 0 Å². The molecule has 0 aliphatic heterocycles. The van der Waals surface area contributed by atoms with E-state index in [1.54, 1.807) is 0 Å². The maximum absolute atomic E-state index is 11.7. The highest BCUT2D eigenvalue weighted by Crippen LogP contribution is 2.69. The highest BCUT2D eigenvalue weighted by atomic mass is 32.3. The van der Waals surface area contributed by atoms with Gasteiger partial charge in [-0.3, -0.25) is 4.55 Å². The molecule has 0 amide bonds. The molecule has 0 heterocycles. The Morgan fingerprint density at radius 1 is 1.00 bits per heavy atom. The Kier molecular flexibility index (Phi) is 6.83. The molecule has 0 aromatic carbocycles. The first-order chi connectivity index (χ1) is 14.9. The van der Waals surface area contributed by atoms with E-state index in [2.05, 4.69) is 31.9 Å². The molecule has 4 fully saturated rings. The van der Waals surface area contributed by atoms with Crippen molar-refractivity contribution in [3.05, 3.63) is 0 Å². The van der Waals surface area contributed by atoms with Gasteiger partial charge >= 0.3 is 10.4 Å². The van der Waals surface area contributed by atoms with E-state index >= 15 is 0 Å². The second-order valence-corrected chi connectivity index (χ2v) is 13.2. The first-order valence-corrected chi connectivity index (χ1v) is 14.3. The maximum Gasteiger partial charge on any atom is 0.397 e. The van der Waals surface area contributed by atoms with Gasteiger partial charge in [-0.25, -0.2) is 4.18 Å². The minimum atomic E-state index is -4.39. The Bertz CT molecular complexity index is 785. The molecule has 0 aromatic heterocycles. The van der Waals surface area contributed by atoms with E-state index in [9.17, 15) is 18.6 Å². The highest BCUT2D eigenvalue weighted by Gasteiger charge is 2.64. The average molecular weight is 473 g/mol. The van der Waals surface area contributed by atoms with Crippen LogP contribution in [0.1, 0.15) is 85.5 Å². The zero-order valence-corrected chi connectivity index (χ0v) is 21.1. The SMILES string of the molecule is CC[C@@H]1[C@H](O)[C@H]2[C@@H](CC[C@]3(C)[C@@H]2CC[C@H]3[C@@H](C)CCOS(=O)(=O)O)[C@]2(C)CC[C@H](O)C[C@H]12. The van der Waals surface area contributed by atoms with Crippen molar-refractivity contribution in [1.82, 2.24) is 0 Å². The lowest BCUT2D eigenvalue weighted by molar-refractivity contribution is -0.203. The van der Waals surface area contributed by atoms with Gasteiger partial charge in [-0.15, -0.1) is 0 Å². The highest BCUT2D eigenvalue weighted by molar-refractivity contribution is 7.80. The summed E-state index contributed by atoms with van der Waals surface area (Å²) in [7, 11) is -4.39. The standard InChI is InChI=1S/C25H44O6S/c1-5-17-21-14-16(26)8-11-25(21,4)20-9-12-24(3)18(6-7-19(24)22(20)23(17)27)15(2)10-13-31-32(28,29)30/h15-23,26-27H,5-14H2,1-4H3,(H,28,29,30)/t15-,16-,17-,18-,19+,20+,21+,22+,23-,24-,25-/m0/s1. The van der Waals surface area contributed by atoms with Crippen LogP contribution in [0.5, 0.6) is 0 Å². The molecule has 4 aliphatic carbocycles. The van der Waals surface area contributed by atoms with E-state index in [-0.39, 0.29) is 35.6 Å². The second kappa shape index (κ2) is 8.78. The lowest BCUT2D eigenvalue weighted by Crippen LogP contribution is -2.62. The molecule has 6 nitrogen and oxygen atoms in total. The van der Waals surface area contributed by atoms with Gasteiger partial charge in [-0.1, -0.05) is 34.1 Å². The van der Waals surface area contributed by atoms with E-state index < -0.39 is 10.4 Å². The quantitative estimate of drug-likeness (QED) is 0.493. The van der Waals surface area contributed by atoms with Crippen molar-refractivity contribution in [2.24, 2.45) is 52.3 Å². The second-order valence-electron chi connectivity index (χ2n) is 12.1. The summed E-state index contributed by atoms with van der Waals surface area (Å²) in [6.07, 6.45) is 8.38. The predicted molar refractivity (Wildman–Crippen MR) is 123 cm³/mol. The molecule has 0 unspecified atom stereocenters. The van der Waals surface area contributed by atoms with Crippen LogP contribution in [0.2, 0.25) is 0 Å². The summed E-state index contributed by atoms with van der Waals surface area (Å²) in [6.45, 7) is 9.28. The van der Waals surface area contributed by atoms with Crippen molar-refractivity contribution in [1.29, 1.82) is 0 Å². The van der Waals surface area contributed by atoms with E-state index in [0.717, 1.165) is 51.4 Å². The number of hydrogen-bond donors (Lipinski definition) is 3. The molecule has 0 spiro atoms. The monoisotopic (exact) mass is 472 g/mol. The smallest absolute Gasteiger partial charge is 0.393 e. The molecule has 0 saturated heterocycles. The van der Waals surface area contributed by atoms with Gasteiger partial charge in [0, 0.05) is 0 Å². The third kappa shape index (κ3) is 4.08. The summed E-state index contributed by atoms with van der Waals surface area (Å²) in [5, 5.41) is 22.1. The minimum absolute atomic E-state index is 0.0198. The zero-order valence-electron chi connectivity index (χ0n) is 20.2. The summed E-state index contributed by atoms with van der Waals surface area (Å²) in [5.41, 5.74) is 0.355. The minimum Gasteiger partial charge on any atom is -0.393 e. The molecule has 4 saturated carbocycles. The van der Waals surface area contributed by atoms with Gasteiger partial charge in [-0.05, 0) is 104 Å². The van der Waals surface area contributed by atoms with Gasteiger partial charge in [0.25, 0.3) is 0 Å². The van der Waals surface area contributed by atoms with Crippen LogP contribution in [-0.4, -0.2) is 42.0 Å². The van der Waals surface area contributed by atoms with E-state index in [1.165, 1.54) is 0 Å². The number of aliphatic hydroxyl groups excluding tert-OH is 2. The molecule has 0 radical (unpaired) electrons. The molecule has 32 heavy (non-hydrogen) atoms. The number of rotatable bonds is 6. The van der Waals surface area contributed by atoms with Gasteiger partial charge in [0.05, 0.1) is 18.8 Å². The molecule has 7 heteroatoms. The molecule has 186 valence electrons. The fraction of sp³-hybridized carbons (Fsp3) is 1.00. The van der Waals surface area contributed by atoms with Crippen LogP contribution in [0, 0.1) is 52.3 Å². The fourth-order valence-electron chi connectivity index (χ4n) is 9.47. The summed E-state index contributed by atoms with van der Waals surface area (Å²) in [6, 6.07) is 0. The normalized spacial score (nSPS) is 49.7. The van der Waals surface area contributed by atoms with Crippen LogP contribution in [0.3, 0.4) is 0 Å². The fourth-order valence-corrected chi connectivity index (χ4v) is 9.78. The van der Waals surface area contributed by atoms with Crippen molar-refractivity contribution in [2.45, 2.75) is 97.7 Å². The Balaban J connectivity index is 1.56. The maximum atomic E-state index is 11.7. The largest absolute Gasteiger partial charge is 0.397 e. The molecule has 0 bridgehead atoms. The van der Waals surface area contributed by atoms with Gasteiger partial charge in [-0.2, -0.15) is 8.42 Å². The Hall–Kier alpha value is -0.210. The number of hydrogen-bond acceptors (Lipinski definition) is 5. The molecule has 4 rings (SSSR count). The van der Waals surface area contributed by atoms with Crippen molar-refractivity contribution in [3.8, 4) is 0 Å². The summed E-state index contributed by atoms with van der Waals surface area (Å²) in [5.74, 6) is 2.78. The first kappa shape index (κ1) is 24.9. The van der Waals surface area contributed by atoms with Crippen LogP contribution in [-0.2, 0) is 14.6 Å². The lowest BCUT2D eigenvalue weighted by Gasteiger charge is -2.64. The van der Waals surface area contributed by atoms with Gasteiger partial charge in [0.15, 0.2) is 0 Å². The molecule has 11 atom stereocenters. The van der Waals surface area contributed by atoms with Crippen molar-refractivity contribution < 1.29 is 27.4 Å². The average Bonchev–Trinajstić information content (AvgIpc) is 3.06. The van der Waals surface area contributed by atoms with Gasteiger partial charge in [0.1, 0.15) is 0 Å². The number of fused-ring (bicyclic) bond motifs is 5. The number of aliphatic hydroxyl groups is 2. The van der Waals surface area contributed by atoms with Crippen LogP contribution < -0.4 is 0 Å². The van der Waals surface area contributed by atoms with Crippen molar-refractivity contribution in [2.75, 3.05) is 6.61 Å². The molecule has 4 aliphatic rings. The Morgan fingerprint density at radius 2 is 1.66 bits per heavy atom. The zero-order chi connectivity index (χ0) is 23.5. The van der Waals surface area contributed by atoms with Crippen LogP contribution in [0.15, 0.2) is 0 Å². The van der Waals surface area contributed by atoms with Gasteiger partial charge < -0.3 is 10.2 Å². The van der Waals surface area contributed by atoms with E-state index in [1.807, 2.05) is 0 Å². The summed E-state index contributed by atoms with van der Waals surface area (Å²) < 4.78 is 35.4. The van der Waals surface area contributed by atoms with Crippen LogP contribution >= 0.6 is 0 Å². The molecule has 0 aromatic rings. The van der Waals surface area contributed by atoms with Crippen LogP contribution in [0.25, 0.3) is 0 Å². The lowest BCUT2D eigenvalue weighted by atomic mass is 9.41. The Morgan fingerprint density at radius 3 is 2.31 bits per heavy atom. The van der Waals surface area contributed by atoms with E-state index in [0.29, 0.717) is 41.9 Å². The molecular formula is C25H44O6S. The first-order valence-electron chi connectivity index (χ1n) is 12.9. The molecular weight excluding hydrogens is 428 g/mol. The Labute approximate surface area is 194 Å². The van der Waals surface area contributed by atoms with Crippen molar-refractivity contribution >= 4 is 10.4 Å². The summed E-state index contributed by atoms with van der Waals surface area (Å²) >= 11 is 0. The molecule has 3 N–H and O–H groups in total. The topological polar surface area (TPSA) is 104 Å².